The molecule has 0 heterocycles. The summed E-state index contributed by atoms with van der Waals surface area (Å²) in [6.45, 7) is 11.1. The minimum absolute atomic E-state index is 0.0616. The highest BCUT2D eigenvalue weighted by molar-refractivity contribution is 9.09. The van der Waals surface area contributed by atoms with Crippen molar-refractivity contribution in [2.45, 2.75) is 78.0 Å². The highest BCUT2D eigenvalue weighted by atomic mass is 79.9. The summed E-state index contributed by atoms with van der Waals surface area (Å²) in [4.78, 5) is 37.5. The smallest absolute Gasteiger partial charge is 0.420 e. The van der Waals surface area contributed by atoms with E-state index in [0.717, 1.165) is 0 Å². The molecule has 0 saturated carbocycles. The number of carboxylic acid groups (broad SMARTS) is 1. The van der Waals surface area contributed by atoms with Crippen LogP contribution >= 0.6 is 15.9 Å². The number of nitrogens with zero attached hydrogens (tertiary/aromatic N) is 1. The summed E-state index contributed by atoms with van der Waals surface area (Å²) in [5.74, 6) is -1.31. The molecule has 7 nitrogen and oxygen atoms in total. The Morgan fingerprint density at radius 3 is 1.54 bits per heavy atom. The Labute approximate surface area is 151 Å². The molecule has 0 aliphatic heterocycles. The van der Waals surface area contributed by atoms with Gasteiger partial charge in [0.25, 0.3) is 0 Å². The van der Waals surface area contributed by atoms with Gasteiger partial charge in [-0.25, -0.2) is 14.4 Å². The fraction of sp³-hybridized carbons (Fsp3) is 0.812. The highest BCUT2D eigenvalue weighted by Crippen LogP contribution is 2.27. The number of halogens is 1. The molecule has 1 atom stereocenters. The molecule has 0 aliphatic carbocycles. The Kier molecular flexibility index (Phi) is 7.73. The Bertz CT molecular complexity index is 452. The van der Waals surface area contributed by atoms with E-state index >= 15 is 0 Å². The summed E-state index contributed by atoms with van der Waals surface area (Å²) < 4.78 is 10.4. The van der Waals surface area contributed by atoms with Gasteiger partial charge in [0.2, 0.25) is 0 Å². The first-order valence-corrected chi connectivity index (χ1v) is 8.82. The van der Waals surface area contributed by atoms with Crippen LogP contribution in [-0.2, 0) is 14.3 Å². The molecule has 140 valence electrons. The quantitative estimate of drug-likeness (QED) is 0.684. The molecule has 0 spiro atoms. The Hall–Kier alpha value is -1.31. The molecule has 8 heteroatoms. The molecule has 0 unspecified atom stereocenters. The minimum atomic E-state index is -1.78. The summed E-state index contributed by atoms with van der Waals surface area (Å²) in [5, 5.41) is 10.2. The molecular weight excluding hydrogens is 382 g/mol. The van der Waals surface area contributed by atoms with E-state index < -0.39 is 34.9 Å². The van der Waals surface area contributed by atoms with E-state index in [0.29, 0.717) is 16.7 Å². The molecule has 0 saturated heterocycles. The maximum atomic E-state index is 12.5. The van der Waals surface area contributed by atoms with Crippen LogP contribution in [0.3, 0.4) is 0 Å². The number of carbonyl (C=O) groups excluding carboxylic acids is 2. The second-order valence-corrected chi connectivity index (χ2v) is 8.46. The van der Waals surface area contributed by atoms with Crippen LogP contribution in [0.15, 0.2) is 0 Å². The van der Waals surface area contributed by atoms with Crippen molar-refractivity contribution in [1.29, 1.82) is 0 Å². The number of hydrogen-bond acceptors (Lipinski definition) is 5. The van der Waals surface area contributed by atoms with E-state index in [4.69, 9.17) is 9.47 Å². The van der Waals surface area contributed by atoms with Gasteiger partial charge < -0.3 is 14.6 Å². The van der Waals surface area contributed by atoms with Gasteiger partial charge in [0.15, 0.2) is 5.54 Å². The van der Waals surface area contributed by atoms with Crippen LogP contribution in [0.1, 0.15) is 61.3 Å². The second kappa shape index (κ2) is 8.18. The first-order valence-electron chi connectivity index (χ1n) is 7.69. The number of amides is 2. The van der Waals surface area contributed by atoms with Gasteiger partial charge in [0, 0.05) is 5.33 Å². The van der Waals surface area contributed by atoms with Gasteiger partial charge >= 0.3 is 18.2 Å². The van der Waals surface area contributed by atoms with Crippen LogP contribution in [0.2, 0.25) is 0 Å². The number of carboxylic acids is 1. The molecule has 0 aromatic heterocycles. The van der Waals surface area contributed by atoms with Crippen molar-refractivity contribution in [2.75, 3.05) is 5.33 Å². The lowest BCUT2D eigenvalue weighted by Crippen LogP contribution is -2.59. The molecule has 24 heavy (non-hydrogen) atoms. The van der Waals surface area contributed by atoms with Gasteiger partial charge in [0.05, 0.1) is 0 Å². The van der Waals surface area contributed by atoms with Crippen molar-refractivity contribution >= 4 is 34.1 Å². The van der Waals surface area contributed by atoms with Crippen LogP contribution in [-0.4, -0.2) is 50.2 Å². The maximum absolute atomic E-state index is 12.5. The Morgan fingerprint density at radius 2 is 1.29 bits per heavy atom. The number of aliphatic carboxylic acids is 1. The normalized spacial score (nSPS) is 14.5. The lowest BCUT2D eigenvalue weighted by molar-refractivity contribution is -0.150. The third-order valence-electron chi connectivity index (χ3n) is 2.90. The molecule has 0 aromatic rings. The number of ether oxygens (including phenoxy) is 2. The zero-order valence-electron chi connectivity index (χ0n) is 15.4. The van der Waals surface area contributed by atoms with Crippen LogP contribution in [0.5, 0.6) is 0 Å². The molecule has 0 rings (SSSR count). The second-order valence-electron chi connectivity index (χ2n) is 7.67. The van der Waals surface area contributed by atoms with Crippen molar-refractivity contribution < 1.29 is 29.0 Å². The SMILES string of the molecule is CC(C)(C)OC(=O)N(C(=O)OC(C)(C)C)[C@@](C)(CCCBr)C(=O)O. The van der Waals surface area contributed by atoms with Gasteiger partial charge in [-0.1, -0.05) is 15.9 Å². The molecule has 2 amide bonds. The van der Waals surface area contributed by atoms with E-state index in [-0.39, 0.29) is 6.42 Å². The fourth-order valence-electron chi connectivity index (χ4n) is 1.82. The first-order chi connectivity index (χ1) is 10.6. The lowest BCUT2D eigenvalue weighted by atomic mass is 9.94. The van der Waals surface area contributed by atoms with E-state index in [1.54, 1.807) is 41.5 Å². The predicted octanol–water partition coefficient (Wildman–Crippen LogP) is 4.18. The number of imide groups is 1. The topological polar surface area (TPSA) is 93.1 Å². The van der Waals surface area contributed by atoms with E-state index in [2.05, 4.69) is 15.9 Å². The molecule has 0 bridgehead atoms. The van der Waals surface area contributed by atoms with E-state index in [1.807, 2.05) is 0 Å². The number of hydrogen-bond donors (Lipinski definition) is 1. The molecule has 0 aromatic carbocycles. The third kappa shape index (κ3) is 7.07. The highest BCUT2D eigenvalue weighted by Gasteiger charge is 2.49. The number of alkyl halides is 1. The zero-order valence-corrected chi connectivity index (χ0v) is 17.0. The van der Waals surface area contributed by atoms with Gasteiger partial charge in [-0.05, 0) is 61.3 Å². The van der Waals surface area contributed by atoms with E-state index in [9.17, 15) is 19.5 Å². The zero-order chi connectivity index (χ0) is 19.3. The van der Waals surface area contributed by atoms with E-state index in [1.165, 1.54) is 6.92 Å². The van der Waals surface area contributed by atoms with Crippen molar-refractivity contribution in [3.05, 3.63) is 0 Å². The molecule has 0 radical (unpaired) electrons. The summed E-state index contributed by atoms with van der Waals surface area (Å²) in [7, 11) is 0. The van der Waals surface area contributed by atoms with Gasteiger partial charge in [-0.2, -0.15) is 4.90 Å². The van der Waals surface area contributed by atoms with Gasteiger partial charge in [0.1, 0.15) is 11.2 Å². The van der Waals surface area contributed by atoms with Crippen LogP contribution in [0, 0.1) is 0 Å². The van der Waals surface area contributed by atoms with Gasteiger partial charge in [-0.3, -0.25) is 0 Å². The van der Waals surface area contributed by atoms with Crippen molar-refractivity contribution in [2.24, 2.45) is 0 Å². The molecule has 0 aliphatic rings. The minimum Gasteiger partial charge on any atom is -0.479 e. The van der Waals surface area contributed by atoms with Crippen molar-refractivity contribution in [1.82, 2.24) is 4.90 Å². The standard InChI is InChI=1S/C16H28BrNO6/c1-14(2,3)23-12(21)18(13(22)24-15(4,5)6)16(7,11(19)20)9-8-10-17/h8-10H2,1-7H3,(H,19,20)/t16-/m0/s1. The van der Waals surface area contributed by atoms with Gasteiger partial charge in [-0.15, -0.1) is 0 Å². The molecule has 1 N–H and O–H groups in total. The van der Waals surface area contributed by atoms with Crippen molar-refractivity contribution in [3.8, 4) is 0 Å². The van der Waals surface area contributed by atoms with Crippen LogP contribution < -0.4 is 0 Å². The lowest BCUT2D eigenvalue weighted by Gasteiger charge is -2.37. The maximum Gasteiger partial charge on any atom is 0.420 e. The monoisotopic (exact) mass is 409 g/mol. The van der Waals surface area contributed by atoms with Crippen LogP contribution in [0.25, 0.3) is 0 Å². The summed E-state index contributed by atoms with van der Waals surface area (Å²) in [6.07, 6.45) is -1.58. The molecule has 0 fully saturated rings. The third-order valence-corrected chi connectivity index (χ3v) is 3.46. The Morgan fingerprint density at radius 1 is 0.917 bits per heavy atom. The predicted molar refractivity (Wildman–Crippen MR) is 93.4 cm³/mol. The largest absolute Gasteiger partial charge is 0.479 e. The Balaban J connectivity index is 5.86. The van der Waals surface area contributed by atoms with Crippen LogP contribution in [0.4, 0.5) is 9.59 Å². The molecular formula is C16H28BrNO6. The first kappa shape index (κ1) is 22.7. The average molecular weight is 410 g/mol. The van der Waals surface area contributed by atoms with Crippen molar-refractivity contribution in [3.63, 3.8) is 0 Å². The summed E-state index contributed by atoms with van der Waals surface area (Å²) in [5.41, 5.74) is -3.54. The fourth-order valence-corrected chi connectivity index (χ4v) is 2.10. The number of carbonyl (C=O) groups is 3. The summed E-state index contributed by atoms with van der Waals surface area (Å²) in [6, 6.07) is 0. The average Bonchev–Trinajstić information content (AvgIpc) is 2.31. The summed E-state index contributed by atoms with van der Waals surface area (Å²) >= 11 is 3.23. The number of rotatable bonds is 5.